The highest BCUT2D eigenvalue weighted by molar-refractivity contribution is 6.30. The number of carboxylic acid groups (broad SMARTS) is 1. The van der Waals surface area contributed by atoms with Crippen LogP contribution in [0.1, 0.15) is 35.6 Å². The molecule has 0 spiro atoms. The highest BCUT2D eigenvalue weighted by Gasteiger charge is 2.32. The van der Waals surface area contributed by atoms with Crippen molar-refractivity contribution in [3.8, 4) is 5.75 Å². The number of benzene rings is 2. The second-order valence-corrected chi connectivity index (χ2v) is 7.23. The van der Waals surface area contributed by atoms with Gasteiger partial charge in [-0.2, -0.15) is 0 Å². The maximum Gasteiger partial charge on any atom is 0.306 e. The van der Waals surface area contributed by atoms with E-state index in [0.29, 0.717) is 17.9 Å². The topological polar surface area (TPSA) is 49.8 Å². The highest BCUT2D eigenvalue weighted by atomic mass is 35.5. The molecule has 0 bridgehead atoms. The number of methoxy groups -OCH3 is 1. The van der Waals surface area contributed by atoms with Gasteiger partial charge < -0.3 is 9.84 Å². The number of likely N-dealkylation sites (tertiary alicyclic amines) is 1. The van der Waals surface area contributed by atoms with Crippen LogP contribution in [0, 0.1) is 12.8 Å². The van der Waals surface area contributed by atoms with Crippen LogP contribution in [0.4, 0.5) is 0 Å². The minimum absolute atomic E-state index is 0.0143. The Morgan fingerprint density at radius 3 is 2.50 bits per heavy atom. The molecule has 5 heteroatoms. The molecule has 2 aromatic carbocycles. The number of carbonyl (C=O) groups is 1. The van der Waals surface area contributed by atoms with E-state index in [4.69, 9.17) is 16.3 Å². The van der Waals surface area contributed by atoms with Gasteiger partial charge in [-0.1, -0.05) is 35.9 Å². The lowest BCUT2D eigenvalue weighted by Gasteiger charge is -2.38. The number of aryl methyl sites for hydroxylation is 1. The van der Waals surface area contributed by atoms with Crippen LogP contribution in [0.3, 0.4) is 0 Å². The van der Waals surface area contributed by atoms with Crippen molar-refractivity contribution in [2.45, 2.75) is 25.8 Å². The molecule has 1 atom stereocenters. The largest absolute Gasteiger partial charge is 0.496 e. The minimum Gasteiger partial charge on any atom is -0.496 e. The maximum atomic E-state index is 11.3. The highest BCUT2D eigenvalue weighted by Crippen LogP contribution is 2.39. The average molecular weight is 374 g/mol. The van der Waals surface area contributed by atoms with E-state index in [0.717, 1.165) is 24.4 Å². The Labute approximate surface area is 159 Å². The Morgan fingerprint density at radius 2 is 1.88 bits per heavy atom. The fourth-order valence-electron chi connectivity index (χ4n) is 3.78. The first-order chi connectivity index (χ1) is 12.5. The molecular weight excluding hydrogens is 350 g/mol. The third kappa shape index (κ3) is 3.87. The van der Waals surface area contributed by atoms with E-state index < -0.39 is 5.97 Å². The lowest BCUT2D eigenvalue weighted by atomic mass is 9.89. The fraction of sp³-hybridized carbons (Fsp3) is 0.381. The van der Waals surface area contributed by atoms with E-state index in [1.807, 2.05) is 30.3 Å². The van der Waals surface area contributed by atoms with Gasteiger partial charge >= 0.3 is 5.97 Å². The zero-order valence-electron chi connectivity index (χ0n) is 15.1. The minimum atomic E-state index is -0.697. The molecule has 0 radical (unpaired) electrons. The quantitative estimate of drug-likeness (QED) is 0.835. The Hall–Kier alpha value is -2.04. The van der Waals surface area contributed by atoms with Gasteiger partial charge in [0.1, 0.15) is 5.75 Å². The first-order valence-corrected chi connectivity index (χ1v) is 9.25. The van der Waals surface area contributed by atoms with Crippen molar-refractivity contribution in [1.82, 2.24) is 4.90 Å². The van der Waals surface area contributed by atoms with Crippen LogP contribution in [0.15, 0.2) is 42.5 Å². The van der Waals surface area contributed by atoms with Gasteiger partial charge in [-0.25, -0.2) is 0 Å². The normalized spacial score (nSPS) is 17.0. The average Bonchev–Trinajstić information content (AvgIpc) is 2.64. The summed E-state index contributed by atoms with van der Waals surface area (Å²) in [6.07, 6.45) is 1.31. The van der Waals surface area contributed by atoms with Crippen LogP contribution in [-0.2, 0) is 4.79 Å². The van der Waals surface area contributed by atoms with E-state index in [2.05, 4.69) is 24.0 Å². The molecule has 2 aromatic rings. The molecule has 1 aliphatic heterocycles. The molecule has 1 aliphatic rings. The van der Waals surface area contributed by atoms with Crippen LogP contribution in [0.5, 0.6) is 5.75 Å². The van der Waals surface area contributed by atoms with Gasteiger partial charge in [0.25, 0.3) is 0 Å². The van der Waals surface area contributed by atoms with Crippen LogP contribution < -0.4 is 4.74 Å². The zero-order chi connectivity index (χ0) is 18.7. The summed E-state index contributed by atoms with van der Waals surface area (Å²) in [5.74, 6) is -0.162. The number of nitrogens with zero attached hydrogens (tertiary/aromatic N) is 1. The van der Waals surface area contributed by atoms with Crippen LogP contribution in [0.2, 0.25) is 5.02 Å². The van der Waals surface area contributed by atoms with Crippen molar-refractivity contribution in [2.75, 3.05) is 20.2 Å². The molecule has 0 aromatic heterocycles. The number of rotatable bonds is 5. The van der Waals surface area contributed by atoms with E-state index in [1.165, 1.54) is 11.1 Å². The predicted octanol–water partition coefficient (Wildman–Crippen LogP) is 4.54. The number of hydrogen-bond donors (Lipinski definition) is 1. The summed E-state index contributed by atoms with van der Waals surface area (Å²) in [5.41, 5.74) is 3.41. The molecule has 1 unspecified atom stereocenters. The lowest BCUT2D eigenvalue weighted by molar-refractivity contribution is -0.143. The van der Waals surface area contributed by atoms with Gasteiger partial charge in [-0.15, -0.1) is 0 Å². The standard InChI is InChI=1S/C21H24ClNO3/c1-14-5-3-4-6-17(14)20(18-13-16(22)7-8-19(18)26-2)23-11-9-15(10-12-23)21(24)25/h3-8,13,15,20H,9-12H2,1-2H3,(H,24,25). The third-order valence-corrected chi connectivity index (χ3v) is 5.45. The van der Waals surface area contributed by atoms with E-state index in [-0.39, 0.29) is 12.0 Å². The molecule has 26 heavy (non-hydrogen) atoms. The summed E-state index contributed by atoms with van der Waals surface area (Å²) in [4.78, 5) is 13.7. The predicted molar refractivity (Wildman–Crippen MR) is 103 cm³/mol. The monoisotopic (exact) mass is 373 g/mol. The first-order valence-electron chi connectivity index (χ1n) is 8.87. The van der Waals surface area contributed by atoms with Gasteiger partial charge in [0.15, 0.2) is 0 Å². The van der Waals surface area contributed by atoms with Crippen LogP contribution >= 0.6 is 11.6 Å². The van der Waals surface area contributed by atoms with Crippen LogP contribution in [-0.4, -0.2) is 36.2 Å². The summed E-state index contributed by atoms with van der Waals surface area (Å²) < 4.78 is 5.61. The molecule has 1 fully saturated rings. The fourth-order valence-corrected chi connectivity index (χ4v) is 3.96. The summed E-state index contributed by atoms with van der Waals surface area (Å²) in [6.45, 7) is 3.56. The van der Waals surface area contributed by atoms with E-state index in [9.17, 15) is 9.90 Å². The van der Waals surface area contributed by atoms with Crippen molar-refractivity contribution >= 4 is 17.6 Å². The lowest BCUT2D eigenvalue weighted by Crippen LogP contribution is -2.39. The number of aliphatic carboxylic acids is 1. The van der Waals surface area contributed by atoms with Crippen molar-refractivity contribution in [3.63, 3.8) is 0 Å². The van der Waals surface area contributed by atoms with E-state index in [1.54, 1.807) is 7.11 Å². The molecule has 3 rings (SSSR count). The summed E-state index contributed by atoms with van der Waals surface area (Å²) in [6, 6.07) is 14.0. The molecule has 0 amide bonds. The van der Waals surface area contributed by atoms with Crippen LogP contribution in [0.25, 0.3) is 0 Å². The number of piperidine rings is 1. The maximum absolute atomic E-state index is 11.3. The molecule has 1 saturated heterocycles. The smallest absolute Gasteiger partial charge is 0.306 e. The second-order valence-electron chi connectivity index (χ2n) is 6.79. The van der Waals surface area contributed by atoms with Gasteiger partial charge in [-0.05, 0) is 62.2 Å². The SMILES string of the molecule is COc1ccc(Cl)cc1C(c1ccccc1C)N1CCC(C(=O)O)CC1. The third-order valence-electron chi connectivity index (χ3n) is 5.21. The summed E-state index contributed by atoms with van der Waals surface area (Å²) in [5, 5.41) is 9.97. The van der Waals surface area contributed by atoms with Gasteiger partial charge in [0.2, 0.25) is 0 Å². The van der Waals surface area contributed by atoms with Gasteiger partial charge in [-0.3, -0.25) is 9.69 Å². The van der Waals surface area contributed by atoms with E-state index >= 15 is 0 Å². The molecule has 0 saturated carbocycles. The van der Waals surface area contributed by atoms with Crippen molar-refractivity contribution in [1.29, 1.82) is 0 Å². The Kier molecular flexibility index (Phi) is 5.84. The van der Waals surface area contributed by atoms with Crippen molar-refractivity contribution < 1.29 is 14.6 Å². The molecule has 1 heterocycles. The molecular formula is C21H24ClNO3. The number of halogens is 1. The van der Waals surface area contributed by atoms with Gasteiger partial charge in [0, 0.05) is 10.6 Å². The number of carboxylic acids is 1. The van der Waals surface area contributed by atoms with Crippen molar-refractivity contribution in [2.24, 2.45) is 5.92 Å². The van der Waals surface area contributed by atoms with Gasteiger partial charge in [0.05, 0.1) is 19.1 Å². The number of hydrogen-bond acceptors (Lipinski definition) is 3. The molecule has 4 nitrogen and oxygen atoms in total. The second kappa shape index (κ2) is 8.11. The van der Waals surface area contributed by atoms with Crippen molar-refractivity contribution in [3.05, 3.63) is 64.2 Å². The first kappa shape index (κ1) is 18.7. The zero-order valence-corrected chi connectivity index (χ0v) is 15.9. The Morgan fingerprint density at radius 1 is 1.19 bits per heavy atom. The summed E-state index contributed by atoms with van der Waals surface area (Å²) in [7, 11) is 1.66. The Bertz CT molecular complexity index is 785. The number of ether oxygens (including phenoxy) is 1. The summed E-state index contributed by atoms with van der Waals surface area (Å²) >= 11 is 6.30. The molecule has 1 N–H and O–H groups in total. The molecule has 0 aliphatic carbocycles. The molecule has 138 valence electrons. The Balaban J connectivity index is 2.03.